The van der Waals surface area contributed by atoms with Crippen LogP contribution in [0.15, 0.2) is 72.9 Å². The third-order valence-electron chi connectivity index (χ3n) is 8.71. The molecule has 0 spiro atoms. The predicted molar refractivity (Wildman–Crippen MR) is 146 cm³/mol. The molecule has 4 atom stereocenters. The molecule has 2 unspecified atom stereocenters. The summed E-state index contributed by atoms with van der Waals surface area (Å²) in [6.45, 7) is 0. The molecule has 0 saturated heterocycles. The average Bonchev–Trinajstić information content (AvgIpc) is 3.35. The van der Waals surface area contributed by atoms with Crippen molar-refractivity contribution in [3.05, 3.63) is 78.6 Å². The number of benzene rings is 2. The zero-order chi connectivity index (χ0) is 25.9. The highest BCUT2D eigenvalue weighted by Crippen LogP contribution is 2.58. The van der Waals surface area contributed by atoms with E-state index in [1.807, 2.05) is 48.5 Å². The first-order valence-corrected chi connectivity index (χ1v) is 13.3. The van der Waals surface area contributed by atoms with E-state index >= 15 is 0 Å². The quantitative estimate of drug-likeness (QED) is 0.319. The minimum absolute atomic E-state index is 0.0723. The largest absolute Gasteiger partial charge is 0.355 e. The Morgan fingerprint density at radius 1 is 0.868 bits per heavy atom. The molecule has 4 aromatic rings. The monoisotopic (exact) mass is 504 g/mol. The number of carbonyl (C=O) groups is 3. The first-order chi connectivity index (χ1) is 18.5. The maximum Gasteiger partial charge on any atom is 0.274 e. The number of amides is 2. The van der Waals surface area contributed by atoms with E-state index in [0.717, 1.165) is 47.1 Å². The van der Waals surface area contributed by atoms with Gasteiger partial charge in [-0.15, -0.1) is 0 Å². The minimum atomic E-state index is -0.385. The molecule has 4 bridgehead atoms. The van der Waals surface area contributed by atoms with Crippen LogP contribution in [0.25, 0.3) is 22.2 Å². The highest BCUT2D eigenvalue weighted by atomic mass is 16.2. The molecule has 7 nitrogen and oxygen atoms in total. The van der Waals surface area contributed by atoms with Crippen molar-refractivity contribution in [1.29, 1.82) is 0 Å². The molecule has 2 heterocycles. The molecule has 4 fully saturated rings. The summed E-state index contributed by atoms with van der Waals surface area (Å²) in [6, 6.07) is 20.9. The van der Waals surface area contributed by atoms with E-state index in [2.05, 4.69) is 20.6 Å². The van der Waals surface area contributed by atoms with Crippen molar-refractivity contribution >= 4 is 39.9 Å². The van der Waals surface area contributed by atoms with Gasteiger partial charge < -0.3 is 15.6 Å². The second-order valence-corrected chi connectivity index (χ2v) is 11.2. The summed E-state index contributed by atoms with van der Waals surface area (Å²) in [5.74, 6) is 0.904. The van der Waals surface area contributed by atoms with Crippen LogP contribution in [0.5, 0.6) is 0 Å². The van der Waals surface area contributed by atoms with Crippen LogP contribution in [0.2, 0.25) is 0 Å². The molecule has 3 N–H and O–H groups in total. The van der Waals surface area contributed by atoms with Gasteiger partial charge in [0.1, 0.15) is 11.5 Å². The molecule has 2 amide bonds. The molecule has 7 heteroatoms. The van der Waals surface area contributed by atoms with Gasteiger partial charge in [-0.2, -0.15) is 0 Å². The highest BCUT2D eigenvalue weighted by molar-refractivity contribution is 6.04. The van der Waals surface area contributed by atoms with Gasteiger partial charge >= 0.3 is 0 Å². The highest BCUT2D eigenvalue weighted by Gasteiger charge is 2.58. The van der Waals surface area contributed by atoms with E-state index in [1.165, 1.54) is 0 Å². The number of nitrogens with zero attached hydrogens (tertiary/aromatic N) is 1. The summed E-state index contributed by atoms with van der Waals surface area (Å²) < 4.78 is 0. The fourth-order valence-electron chi connectivity index (χ4n) is 7.08. The summed E-state index contributed by atoms with van der Waals surface area (Å²) >= 11 is 0. The Balaban J connectivity index is 1.05. The second kappa shape index (κ2) is 8.65. The number of H-pyrrole nitrogens is 1. The maximum atomic E-state index is 13.4. The van der Waals surface area contributed by atoms with Gasteiger partial charge in [-0.25, -0.2) is 0 Å². The van der Waals surface area contributed by atoms with Crippen molar-refractivity contribution in [2.45, 2.75) is 32.1 Å². The zero-order valence-electron chi connectivity index (χ0n) is 20.9. The third-order valence-corrected chi connectivity index (χ3v) is 8.71. The second-order valence-electron chi connectivity index (χ2n) is 11.2. The number of hydrogen-bond acceptors (Lipinski definition) is 4. The Bertz CT molecular complexity index is 1560. The predicted octanol–water partition coefficient (Wildman–Crippen LogP) is 5.82. The SMILES string of the molecule is O=C(Nc1ccc2[nH]c(-c3ccc(NC(=O)C45CC6C[C@H](C4)C(=O)[C@@H](C6)C5)cc3)cc2c1)c1ccccn1. The lowest BCUT2D eigenvalue weighted by molar-refractivity contribution is -0.154. The van der Waals surface area contributed by atoms with Crippen molar-refractivity contribution in [3.63, 3.8) is 0 Å². The van der Waals surface area contributed by atoms with E-state index in [4.69, 9.17) is 0 Å². The number of pyridine rings is 1. The van der Waals surface area contributed by atoms with Gasteiger partial charge in [-0.3, -0.25) is 19.4 Å². The van der Waals surface area contributed by atoms with E-state index in [1.54, 1.807) is 24.4 Å². The van der Waals surface area contributed by atoms with Crippen molar-refractivity contribution in [3.8, 4) is 11.3 Å². The number of carbonyl (C=O) groups excluding carboxylic acids is 3. The van der Waals surface area contributed by atoms with Crippen LogP contribution in [0.1, 0.15) is 42.6 Å². The van der Waals surface area contributed by atoms with Gasteiger partial charge in [-0.1, -0.05) is 18.2 Å². The van der Waals surface area contributed by atoms with Gasteiger partial charge in [0, 0.05) is 46.0 Å². The number of rotatable bonds is 5. The molecule has 2 aromatic heterocycles. The van der Waals surface area contributed by atoms with Crippen molar-refractivity contribution in [2.24, 2.45) is 23.2 Å². The molecule has 0 radical (unpaired) electrons. The number of aromatic amines is 1. The maximum absolute atomic E-state index is 13.4. The van der Waals surface area contributed by atoms with Crippen molar-refractivity contribution < 1.29 is 14.4 Å². The van der Waals surface area contributed by atoms with Crippen molar-refractivity contribution in [1.82, 2.24) is 9.97 Å². The van der Waals surface area contributed by atoms with Crippen LogP contribution in [0.4, 0.5) is 11.4 Å². The zero-order valence-corrected chi connectivity index (χ0v) is 20.9. The number of anilines is 2. The van der Waals surface area contributed by atoms with Gasteiger partial charge in [-0.05, 0) is 92.1 Å². The van der Waals surface area contributed by atoms with E-state index < -0.39 is 0 Å². The van der Waals surface area contributed by atoms with Crippen LogP contribution < -0.4 is 10.6 Å². The molecule has 2 aromatic carbocycles. The van der Waals surface area contributed by atoms with Gasteiger partial charge in [0.25, 0.3) is 5.91 Å². The Morgan fingerprint density at radius 3 is 2.37 bits per heavy atom. The molecule has 4 saturated carbocycles. The molecule has 0 aliphatic heterocycles. The molecular formula is C31H28N4O3. The lowest BCUT2D eigenvalue weighted by Gasteiger charge is -2.54. The number of fused-ring (bicyclic) bond motifs is 1. The van der Waals surface area contributed by atoms with E-state index in [-0.39, 0.29) is 29.1 Å². The number of hydrogen-bond donors (Lipinski definition) is 3. The summed E-state index contributed by atoms with van der Waals surface area (Å²) in [7, 11) is 0. The molecule has 38 heavy (non-hydrogen) atoms. The number of aromatic nitrogens is 2. The minimum Gasteiger partial charge on any atom is -0.355 e. The topological polar surface area (TPSA) is 104 Å². The lowest BCUT2D eigenvalue weighted by Crippen LogP contribution is -2.55. The first-order valence-electron chi connectivity index (χ1n) is 13.3. The van der Waals surface area contributed by atoms with Crippen LogP contribution in [-0.4, -0.2) is 27.6 Å². The third kappa shape index (κ3) is 3.90. The lowest BCUT2D eigenvalue weighted by atomic mass is 9.49. The summed E-state index contributed by atoms with van der Waals surface area (Å²) in [6.07, 6.45) is 5.88. The summed E-state index contributed by atoms with van der Waals surface area (Å²) in [5, 5.41) is 7.03. The van der Waals surface area contributed by atoms with Gasteiger partial charge in [0.05, 0.1) is 5.41 Å². The van der Waals surface area contributed by atoms with Crippen LogP contribution in [-0.2, 0) is 9.59 Å². The number of ketones is 1. The Labute approximate surface area is 220 Å². The molecule has 190 valence electrons. The molecular weight excluding hydrogens is 476 g/mol. The number of Topliss-reactive ketones (excluding diaryl/α,β-unsaturated/α-hetero) is 1. The summed E-state index contributed by atoms with van der Waals surface area (Å²) in [4.78, 5) is 45.9. The first kappa shape index (κ1) is 22.9. The van der Waals surface area contributed by atoms with Crippen LogP contribution >= 0.6 is 0 Å². The normalized spacial score (nSPS) is 25.5. The Kier molecular flexibility index (Phi) is 5.21. The van der Waals surface area contributed by atoms with Crippen LogP contribution in [0, 0.1) is 23.2 Å². The van der Waals surface area contributed by atoms with E-state index in [0.29, 0.717) is 35.9 Å². The molecule has 8 rings (SSSR count). The smallest absolute Gasteiger partial charge is 0.274 e. The van der Waals surface area contributed by atoms with Gasteiger partial charge in [0.2, 0.25) is 5.91 Å². The number of nitrogens with one attached hydrogen (secondary N) is 3. The Morgan fingerprint density at radius 2 is 1.63 bits per heavy atom. The van der Waals surface area contributed by atoms with Crippen LogP contribution in [0.3, 0.4) is 0 Å². The Hall–Kier alpha value is -4.26. The molecule has 4 aliphatic carbocycles. The summed E-state index contributed by atoms with van der Waals surface area (Å²) in [5.41, 5.74) is 4.36. The van der Waals surface area contributed by atoms with E-state index in [9.17, 15) is 14.4 Å². The molecule has 4 aliphatic rings. The average molecular weight is 505 g/mol. The standard InChI is InChI=1S/C31H28N4O3/c36-28-21-11-18-12-22(28)17-31(15-18,16-21)30(38)34-23-6-4-19(5-7-23)27-14-20-13-24(8-9-25(20)35-27)33-29(37)26-3-1-2-10-32-26/h1-10,13-14,18,21-22,35H,11-12,15-17H2,(H,33,37)(H,34,38)/t18?,21-,22+,31?. The fourth-order valence-corrected chi connectivity index (χ4v) is 7.08. The fraction of sp³-hybridized carbons (Fsp3) is 0.290. The van der Waals surface area contributed by atoms with Gasteiger partial charge in [0.15, 0.2) is 0 Å². The van der Waals surface area contributed by atoms with Crippen molar-refractivity contribution in [2.75, 3.05) is 10.6 Å².